The molecule has 0 spiro atoms. The van der Waals surface area contributed by atoms with Crippen LogP contribution < -0.4 is 5.73 Å². The predicted molar refractivity (Wildman–Crippen MR) is 43.7 cm³/mol. The van der Waals surface area contributed by atoms with E-state index in [9.17, 15) is 13.2 Å². The third-order valence-corrected chi connectivity index (χ3v) is 1.44. The zero-order chi connectivity index (χ0) is 10.1. The van der Waals surface area contributed by atoms with Crippen molar-refractivity contribution in [3.63, 3.8) is 0 Å². The van der Waals surface area contributed by atoms with E-state index in [1.807, 2.05) is 0 Å². The Kier molecular flexibility index (Phi) is 2.27. The number of hydrogen-bond donors (Lipinski definition) is 1. The maximum atomic E-state index is 12.1. The topological polar surface area (TPSA) is 38.9 Å². The molecule has 1 heterocycles. The number of nitrogens with two attached hydrogens (primary N) is 1. The van der Waals surface area contributed by atoms with E-state index >= 15 is 0 Å². The van der Waals surface area contributed by atoms with Crippen molar-refractivity contribution in [2.75, 3.05) is 5.73 Å². The monoisotopic (exact) mass is 188 g/mol. The van der Waals surface area contributed by atoms with Crippen LogP contribution in [-0.4, -0.2) is 4.98 Å². The van der Waals surface area contributed by atoms with Crippen molar-refractivity contribution in [3.8, 4) is 0 Å². The number of aromatic nitrogens is 1. The smallest absolute Gasteiger partial charge is 0.397 e. The Balaban J connectivity index is 3.21. The van der Waals surface area contributed by atoms with Gasteiger partial charge in [-0.1, -0.05) is 6.58 Å². The molecule has 5 heteroatoms. The van der Waals surface area contributed by atoms with Crippen molar-refractivity contribution < 1.29 is 13.2 Å². The third kappa shape index (κ3) is 1.99. The molecule has 1 aromatic heterocycles. The SMILES string of the molecule is C=Cc1nc(C(F)(F)F)ccc1N. The minimum atomic E-state index is -4.44. The third-order valence-electron chi connectivity index (χ3n) is 1.44. The molecule has 0 aliphatic heterocycles. The molecule has 0 radical (unpaired) electrons. The van der Waals surface area contributed by atoms with Crippen LogP contribution in [0.5, 0.6) is 0 Å². The summed E-state index contributed by atoms with van der Waals surface area (Å²) in [6.45, 7) is 3.31. The highest BCUT2D eigenvalue weighted by Gasteiger charge is 2.32. The van der Waals surface area contributed by atoms with Gasteiger partial charge >= 0.3 is 6.18 Å². The second-order valence-electron chi connectivity index (χ2n) is 2.37. The number of pyridine rings is 1. The minimum absolute atomic E-state index is 0.0508. The largest absolute Gasteiger partial charge is 0.433 e. The Morgan fingerprint density at radius 1 is 1.38 bits per heavy atom. The maximum absolute atomic E-state index is 12.1. The summed E-state index contributed by atoms with van der Waals surface area (Å²) in [5, 5.41) is 0. The van der Waals surface area contributed by atoms with Crippen LogP contribution in [-0.2, 0) is 6.18 Å². The zero-order valence-corrected chi connectivity index (χ0v) is 6.60. The molecule has 2 nitrogen and oxygen atoms in total. The van der Waals surface area contributed by atoms with Gasteiger partial charge in [-0.2, -0.15) is 13.2 Å². The molecule has 1 rings (SSSR count). The second kappa shape index (κ2) is 3.08. The number of alkyl halides is 3. The van der Waals surface area contributed by atoms with Gasteiger partial charge in [0.15, 0.2) is 0 Å². The Morgan fingerprint density at radius 3 is 2.46 bits per heavy atom. The highest BCUT2D eigenvalue weighted by molar-refractivity contribution is 5.59. The fourth-order valence-electron chi connectivity index (χ4n) is 0.807. The molecule has 0 amide bonds. The normalized spacial score (nSPS) is 11.3. The summed E-state index contributed by atoms with van der Waals surface area (Å²) >= 11 is 0. The Labute approximate surface area is 72.9 Å². The first-order valence-electron chi connectivity index (χ1n) is 3.41. The average molecular weight is 188 g/mol. The highest BCUT2D eigenvalue weighted by Crippen LogP contribution is 2.28. The first kappa shape index (κ1) is 9.57. The van der Waals surface area contributed by atoms with Gasteiger partial charge in [0.25, 0.3) is 0 Å². The first-order chi connectivity index (χ1) is 5.95. The van der Waals surface area contributed by atoms with Crippen LogP contribution in [0.1, 0.15) is 11.4 Å². The minimum Gasteiger partial charge on any atom is -0.397 e. The Hall–Kier alpha value is -1.52. The molecule has 0 unspecified atom stereocenters. The van der Waals surface area contributed by atoms with E-state index < -0.39 is 11.9 Å². The van der Waals surface area contributed by atoms with Gasteiger partial charge in [-0.3, -0.25) is 0 Å². The van der Waals surface area contributed by atoms with E-state index in [1.54, 1.807) is 0 Å². The van der Waals surface area contributed by atoms with E-state index in [0.717, 1.165) is 12.1 Å². The highest BCUT2D eigenvalue weighted by atomic mass is 19.4. The summed E-state index contributed by atoms with van der Waals surface area (Å²) < 4.78 is 36.3. The van der Waals surface area contributed by atoms with Crippen LogP contribution in [0.4, 0.5) is 18.9 Å². The van der Waals surface area contributed by atoms with Gasteiger partial charge < -0.3 is 5.73 Å². The lowest BCUT2D eigenvalue weighted by molar-refractivity contribution is -0.141. The van der Waals surface area contributed by atoms with Crippen molar-refractivity contribution >= 4 is 11.8 Å². The Bertz CT molecular complexity index is 331. The van der Waals surface area contributed by atoms with E-state index in [1.165, 1.54) is 6.08 Å². The van der Waals surface area contributed by atoms with Crippen LogP contribution in [0.25, 0.3) is 6.08 Å². The first-order valence-corrected chi connectivity index (χ1v) is 3.41. The Morgan fingerprint density at radius 2 is 2.00 bits per heavy atom. The number of halogens is 3. The molecule has 0 saturated carbocycles. The van der Waals surface area contributed by atoms with Crippen molar-refractivity contribution in [3.05, 3.63) is 30.1 Å². The second-order valence-corrected chi connectivity index (χ2v) is 2.37. The maximum Gasteiger partial charge on any atom is 0.433 e. The lowest BCUT2D eigenvalue weighted by Gasteiger charge is -2.07. The molecule has 0 saturated heterocycles. The number of anilines is 1. The van der Waals surface area contributed by atoms with Gasteiger partial charge in [0.1, 0.15) is 5.69 Å². The molecule has 70 valence electrons. The lowest BCUT2D eigenvalue weighted by Crippen LogP contribution is -2.09. The van der Waals surface area contributed by atoms with Crippen LogP contribution in [0, 0.1) is 0 Å². The summed E-state index contributed by atoms with van der Waals surface area (Å²) in [5.41, 5.74) is 4.61. The summed E-state index contributed by atoms with van der Waals surface area (Å²) in [6, 6.07) is 2.00. The standard InChI is InChI=1S/C8H7F3N2/c1-2-6-5(12)3-4-7(13-6)8(9,10)11/h2-4H,1,12H2. The number of nitrogens with zero attached hydrogens (tertiary/aromatic N) is 1. The molecule has 0 aliphatic carbocycles. The molecule has 13 heavy (non-hydrogen) atoms. The van der Waals surface area contributed by atoms with Crippen molar-refractivity contribution in [1.29, 1.82) is 0 Å². The lowest BCUT2D eigenvalue weighted by atomic mass is 10.2. The van der Waals surface area contributed by atoms with Crippen molar-refractivity contribution in [2.45, 2.75) is 6.18 Å². The van der Waals surface area contributed by atoms with Crippen molar-refractivity contribution in [1.82, 2.24) is 4.98 Å². The summed E-state index contributed by atoms with van der Waals surface area (Å²) in [6.07, 6.45) is -3.25. The molecular formula is C8H7F3N2. The summed E-state index contributed by atoms with van der Waals surface area (Å²) in [5.74, 6) is 0. The van der Waals surface area contributed by atoms with Gasteiger partial charge in [-0.25, -0.2) is 4.98 Å². The van der Waals surface area contributed by atoms with Gasteiger partial charge in [-0.15, -0.1) is 0 Å². The van der Waals surface area contributed by atoms with E-state index in [-0.39, 0.29) is 11.4 Å². The van der Waals surface area contributed by atoms with Crippen LogP contribution in [0.2, 0.25) is 0 Å². The fraction of sp³-hybridized carbons (Fsp3) is 0.125. The van der Waals surface area contributed by atoms with Gasteiger partial charge in [0.05, 0.1) is 11.4 Å². The molecule has 0 atom stereocenters. The van der Waals surface area contributed by atoms with Crippen LogP contribution in [0.3, 0.4) is 0 Å². The van der Waals surface area contributed by atoms with Crippen LogP contribution in [0.15, 0.2) is 18.7 Å². The summed E-state index contributed by atoms with van der Waals surface area (Å²) in [4.78, 5) is 3.29. The van der Waals surface area contributed by atoms with Crippen molar-refractivity contribution in [2.24, 2.45) is 0 Å². The van der Waals surface area contributed by atoms with E-state index in [4.69, 9.17) is 5.73 Å². The molecule has 0 bridgehead atoms. The average Bonchev–Trinajstić information content (AvgIpc) is 2.03. The molecule has 2 N–H and O–H groups in total. The number of nitrogen functional groups attached to an aromatic ring is 1. The van der Waals surface area contributed by atoms with Gasteiger partial charge in [-0.05, 0) is 18.2 Å². The fourth-order valence-corrected chi connectivity index (χ4v) is 0.807. The molecular weight excluding hydrogens is 181 g/mol. The van der Waals surface area contributed by atoms with Crippen LogP contribution >= 0.6 is 0 Å². The quantitative estimate of drug-likeness (QED) is 0.734. The number of rotatable bonds is 1. The molecule has 0 aromatic carbocycles. The van der Waals surface area contributed by atoms with E-state index in [0.29, 0.717) is 0 Å². The zero-order valence-electron chi connectivity index (χ0n) is 6.60. The molecule has 1 aromatic rings. The van der Waals surface area contributed by atoms with E-state index in [2.05, 4.69) is 11.6 Å². The molecule has 0 fully saturated rings. The molecule has 0 aliphatic rings. The van der Waals surface area contributed by atoms with Gasteiger partial charge in [0.2, 0.25) is 0 Å². The predicted octanol–water partition coefficient (Wildman–Crippen LogP) is 2.33. The number of hydrogen-bond acceptors (Lipinski definition) is 2. The van der Waals surface area contributed by atoms with Gasteiger partial charge in [0, 0.05) is 0 Å². The summed E-state index contributed by atoms with van der Waals surface area (Å²) in [7, 11) is 0.